The highest BCUT2D eigenvalue weighted by atomic mass is 32.2. The predicted molar refractivity (Wildman–Crippen MR) is 70.7 cm³/mol. The van der Waals surface area contributed by atoms with Gasteiger partial charge >= 0.3 is 5.97 Å². The Balaban J connectivity index is 2.60. The third kappa shape index (κ3) is 2.35. The molecule has 0 radical (unpaired) electrons. The monoisotopic (exact) mass is 286 g/mol. The van der Waals surface area contributed by atoms with E-state index in [-0.39, 0.29) is 10.8 Å². The van der Waals surface area contributed by atoms with E-state index in [2.05, 4.69) is 0 Å². The van der Waals surface area contributed by atoms with E-state index < -0.39 is 15.8 Å². The first kappa shape index (κ1) is 13.3. The second kappa shape index (κ2) is 4.85. The Hall–Kier alpha value is -1.14. The molecule has 6 heteroatoms. The lowest BCUT2D eigenvalue weighted by molar-refractivity contribution is 0.0531. The van der Waals surface area contributed by atoms with E-state index in [4.69, 9.17) is 4.74 Å². The third-order valence-corrected chi connectivity index (χ3v) is 5.73. The third-order valence-electron chi connectivity index (χ3n) is 2.66. The lowest BCUT2D eigenvalue weighted by Crippen LogP contribution is -2.06. The molecule has 2 rings (SSSR count). The van der Waals surface area contributed by atoms with Crippen LogP contribution in [0.15, 0.2) is 10.3 Å². The molecule has 0 fully saturated rings. The summed E-state index contributed by atoms with van der Waals surface area (Å²) in [6.07, 6.45) is 6.38. The minimum Gasteiger partial charge on any atom is -0.462 e. The Bertz CT molecular complexity index is 608. The van der Waals surface area contributed by atoms with E-state index in [1.807, 2.05) is 6.08 Å². The van der Waals surface area contributed by atoms with Crippen LogP contribution >= 0.6 is 11.3 Å². The lowest BCUT2D eigenvalue weighted by atomic mass is 10.00. The number of esters is 1. The van der Waals surface area contributed by atoms with Crippen LogP contribution in [0.1, 0.15) is 34.1 Å². The number of hydrogen-bond acceptors (Lipinski definition) is 5. The summed E-state index contributed by atoms with van der Waals surface area (Å²) in [4.78, 5) is 12.3. The van der Waals surface area contributed by atoms with Crippen LogP contribution < -0.4 is 0 Å². The Labute approximate surface area is 110 Å². The Morgan fingerprint density at radius 2 is 2.22 bits per heavy atom. The molecule has 0 aliphatic heterocycles. The smallest absolute Gasteiger partial charge is 0.348 e. The van der Waals surface area contributed by atoms with Crippen molar-refractivity contribution in [1.29, 1.82) is 0 Å². The molecule has 0 N–H and O–H groups in total. The van der Waals surface area contributed by atoms with Gasteiger partial charge in [-0.3, -0.25) is 0 Å². The standard InChI is InChI=1S/C12H14O4S2/c1-3-16-11(13)10-8-6-4-5-7-9(8)12(17-10)18(2,14)15/h5,7H,3-4,6H2,1-2H3. The fourth-order valence-corrected chi connectivity index (χ4v) is 4.35. The van der Waals surface area contributed by atoms with Crippen LogP contribution in [-0.4, -0.2) is 27.2 Å². The van der Waals surface area contributed by atoms with Gasteiger partial charge in [0.2, 0.25) is 0 Å². The number of sulfone groups is 1. The van der Waals surface area contributed by atoms with Crippen molar-refractivity contribution < 1.29 is 17.9 Å². The molecule has 0 saturated carbocycles. The molecule has 1 aromatic rings. The predicted octanol–water partition coefficient (Wildman–Crippen LogP) is 2.29. The van der Waals surface area contributed by atoms with E-state index in [1.54, 1.807) is 13.0 Å². The van der Waals surface area contributed by atoms with Gasteiger partial charge in [-0.1, -0.05) is 12.2 Å². The fraction of sp³-hybridized carbons (Fsp3) is 0.417. The van der Waals surface area contributed by atoms with Gasteiger partial charge in [0.15, 0.2) is 9.84 Å². The van der Waals surface area contributed by atoms with Gasteiger partial charge < -0.3 is 4.74 Å². The molecule has 0 spiro atoms. The Morgan fingerprint density at radius 1 is 1.50 bits per heavy atom. The molecule has 0 saturated heterocycles. The van der Waals surface area contributed by atoms with Crippen molar-refractivity contribution in [3.8, 4) is 0 Å². The van der Waals surface area contributed by atoms with Gasteiger partial charge in [-0.15, -0.1) is 11.3 Å². The molecule has 0 amide bonds. The maximum atomic E-state index is 11.8. The van der Waals surface area contributed by atoms with Crippen LogP contribution in [0.4, 0.5) is 0 Å². The number of hydrogen-bond donors (Lipinski definition) is 0. The number of allylic oxidation sites excluding steroid dienone is 1. The van der Waals surface area contributed by atoms with Crippen LogP contribution in [0.3, 0.4) is 0 Å². The van der Waals surface area contributed by atoms with Crippen molar-refractivity contribution >= 4 is 33.2 Å². The van der Waals surface area contributed by atoms with Gasteiger partial charge in [-0.05, 0) is 25.3 Å². The molecule has 4 nitrogen and oxygen atoms in total. The van der Waals surface area contributed by atoms with Crippen molar-refractivity contribution in [3.05, 3.63) is 22.1 Å². The van der Waals surface area contributed by atoms with Crippen molar-refractivity contribution in [2.45, 2.75) is 24.0 Å². The highest BCUT2D eigenvalue weighted by Gasteiger charge is 2.27. The summed E-state index contributed by atoms with van der Waals surface area (Å²) in [6, 6.07) is 0. The second-order valence-electron chi connectivity index (χ2n) is 4.04. The van der Waals surface area contributed by atoms with Crippen molar-refractivity contribution in [2.75, 3.05) is 12.9 Å². The van der Waals surface area contributed by atoms with Gasteiger partial charge in [0, 0.05) is 11.8 Å². The average molecular weight is 286 g/mol. The molecule has 98 valence electrons. The molecule has 18 heavy (non-hydrogen) atoms. The van der Waals surface area contributed by atoms with Gasteiger partial charge in [0.1, 0.15) is 9.09 Å². The van der Waals surface area contributed by atoms with Gasteiger partial charge in [0.25, 0.3) is 0 Å². The summed E-state index contributed by atoms with van der Waals surface area (Å²) in [6.45, 7) is 2.02. The lowest BCUT2D eigenvalue weighted by Gasteiger charge is -2.08. The first-order chi connectivity index (χ1) is 8.45. The normalized spacial score (nSPS) is 14.3. The van der Waals surface area contributed by atoms with Crippen molar-refractivity contribution in [2.24, 2.45) is 0 Å². The average Bonchev–Trinajstić information content (AvgIpc) is 2.68. The molecular formula is C12H14O4S2. The maximum absolute atomic E-state index is 11.8. The largest absolute Gasteiger partial charge is 0.462 e. The Kier molecular flexibility index (Phi) is 3.59. The highest BCUT2D eigenvalue weighted by Crippen LogP contribution is 2.36. The van der Waals surface area contributed by atoms with Crippen molar-refractivity contribution in [3.63, 3.8) is 0 Å². The van der Waals surface area contributed by atoms with Gasteiger partial charge in [0.05, 0.1) is 6.61 Å². The van der Waals surface area contributed by atoms with E-state index >= 15 is 0 Å². The summed E-state index contributed by atoms with van der Waals surface area (Å²) in [5.41, 5.74) is 1.47. The summed E-state index contributed by atoms with van der Waals surface area (Å²) >= 11 is 1.02. The zero-order valence-electron chi connectivity index (χ0n) is 10.2. The number of fused-ring (bicyclic) bond motifs is 1. The van der Waals surface area contributed by atoms with E-state index in [0.29, 0.717) is 16.9 Å². The van der Waals surface area contributed by atoms with E-state index in [1.165, 1.54) is 0 Å². The quantitative estimate of drug-likeness (QED) is 0.800. The highest BCUT2D eigenvalue weighted by molar-refractivity contribution is 7.92. The number of ether oxygens (including phenoxy) is 1. The number of carbonyl (C=O) groups is 1. The second-order valence-corrected chi connectivity index (χ2v) is 7.28. The molecular weight excluding hydrogens is 272 g/mol. The van der Waals surface area contributed by atoms with Gasteiger partial charge in [-0.2, -0.15) is 0 Å². The zero-order chi connectivity index (χ0) is 13.3. The van der Waals surface area contributed by atoms with E-state index in [0.717, 1.165) is 29.6 Å². The summed E-state index contributed by atoms with van der Waals surface area (Å²) < 4.78 is 28.7. The summed E-state index contributed by atoms with van der Waals surface area (Å²) in [5, 5.41) is 0. The molecule has 1 aromatic heterocycles. The molecule has 0 unspecified atom stereocenters. The van der Waals surface area contributed by atoms with Crippen LogP contribution in [-0.2, 0) is 21.0 Å². The van der Waals surface area contributed by atoms with Crippen LogP contribution in [0, 0.1) is 0 Å². The van der Waals surface area contributed by atoms with Gasteiger partial charge in [-0.25, -0.2) is 13.2 Å². The minimum absolute atomic E-state index is 0.261. The number of rotatable bonds is 3. The first-order valence-electron chi connectivity index (χ1n) is 5.64. The number of carbonyl (C=O) groups excluding carboxylic acids is 1. The molecule has 1 heterocycles. The first-order valence-corrected chi connectivity index (χ1v) is 8.35. The van der Waals surface area contributed by atoms with Crippen LogP contribution in [0.25, 0.3) is 6.08 Å². The zero-order valence-corrected chi connectivity index (χ0v) is 11.9. The Morgan fingerprint density at radius 3 is 2.83 bits per heavy atom. The van der Waals surface area contributed by atoms with Crippen molar-refractivity contribution in [1.82, 2.24) is 0 Å². The van der Waals surface area contributed by atoms with Crippen LogP contribution in [0.5, 0.6) is 0 Å². The van der Waals surface area contributed by atoms with E-state index in [9.17, 15) is 13.2 Å². The number of thiophene rings is 1. The summed E-state index contributed by atoms with van der Waals surface area (Å²) in [5.74, 6) is -0.427. The maximum Gasteiger partial charge on any atom is 0.348 e. The van der Waals surface area contributed by atoms with Crippen LogP contribution in [0.2, 0.25) is 0 Å². The SMILES string of the molecule is CCOC(=O)c1sc(S(C)(=O)=O)c2c1CCC=C2. The fourth-order valence-electron chi connectivity index (χ4n) is 1.94. The molecule has 0 bridgehead atoms. The molecule has 1 aliphatic carbocycles. The summed E-state index contributed by atoms with van der Waals surface area (Å²) in [7, 11) is -3.31. The molecule has 0 atom stereocenters. The molecule has 1 aliphatic rings. The minimum atomic E-state index is -3.31. The topological polar surface area (TPSA) is 60.4 Å². The molecule has 0 aromatic carbocycles.